The number of nitrogens with zero attached hydrogens (tertiary/aromatic N) is 2. The van der Waals surface area contributed by atoms with Crippen molar-refractivity contribution in [2.45, 2.75) is 18.5 Å². The van der Waals surface area contributed by atoms with Gasteiger partial charge in [-0.15, -0.1) is 0 Å². The Hall–Kier alpha value is 0.0969. The summed E-state index contributed by atoms with van der Waals surface area (Å²) in [6.07, 6.45) is 2.71. The molecule has 1 aliphatic rings. The van der Waals surface area contributed by atoms with Crippen LogP contribution in [0.25, 0.3) is 0 Å². The fourth-order valence-electron chi connectivity index (χ4n) is 1.99. The van der Waals surface area contributed by atoms with E-state index < -0.39 is 8.24 Å². The van der Waals surface area contributed by atoms with Crippen LogP contribution in [-0.2, 0) is 0 Å². The molecule has 0 spiro atoms. The number of hydrogen-bond acceptors (Lipinski definition) is 3. The van der Waals surface area contributed by atoms with Crippen LogP contribution in [-0.4, -0.2) is 52.5 Å². The van der Waals surface area contributed by atoms with E-state index in [1.807, 2.05) is 0 Å². The van der Waals surface area contributed by atoms with Crippen molar-refractivity contribution in [1.29, 1.82) is 0 Å². The summed E-state index contributed by atoms with van der Waals surface area (Å²) in [5.41, 5.74) is 0. The molecule has 0 atom stereocenters. The van der Waals surface area contributed by atoms with Crippen molar-refractivity contribution in [2.75, 3.05) is 34.4 Å². The second kappa shape index (κ2) is 3.87. The summed E-state index contributed by atoms with van der Waals surface area (Å²) in [5, 5.41) is 5.79. The smallest absolute Gasteiger partial charge is 0.155 e. The molecule has 1 aliphatic heterocycles. The third-order valence-corrected chi connectivity index (χ3v) is 7.17. The first kappa shape index (κ1) is 10.2. The lowest BCUT2D eigenvalue weighted by molar-refractivity contribution is 0.341. The van der Waals surface area contributed by atoms with Crippen molar-refractivity contribution in [3.8, 4) is 0 Å². The zero-order valence-electron chi connectivity index (χ0n) is 8.72. The molecule has 1 heterocycles. The first-order valence-electron chi connectivity index (χ1n) is 4.64. The van der Waals surface area contributed by atoms with Crippen LogP contribution >= 0.6 is 0 Å². The van der Waals surface area contributed by atoms with Crippen molar-refractivity contribution in [3.63, 3.8) is 0 Å². The van der Waals surface area contributed by atoms with E-state index in [1.54, 1.807) is 0 Å². The Kier molecular flexibility index (Phi) is 3.28. The molecule has 0 radical (unpaired) electrons. The molecule has 0 amide bonds. The van der Waals surface area contributed by atoms with Crippen molar-refractivity contribution in [3.05, 3.63) is 0 Å². The topological polar surface area (TPSA) is 18.5 Å². The van der Waals surface area contributed by atoms with E-state index in [2.05, 4.69) is 43.2 Å². The molecule has 1 N–H and O–H groups in total. The van der Waals surface area contributed by atoms with Crippen LogP contribution in [0, 0.1) is 0 Å². The number of nitrogens with one attached hydrogen (secondary N) is 1. The van der Waals surface area contributed by atoms with E-state index >= 15 is 0 Å². The molecule has 0 aliphatic carbocycles. The highest BCUT2D eigenvalue weighted by molar-refractivity contribution is 6.80. The molecule has 72 valence electrons. The molecule has 12 heavy (non-hydrogen) atoms. The largest absolute Gasteiger partial charge is 0.311 e. The van der Waals surface area contributed by atoms with E-state index in [-0.39, 0.29) is 0 Å². The number of rotatable bonds is 4. The SMILES string of the molecule is CN(C)C[Si]1(NN(C)C)CCC1. The summed E-state index contributed by atoms with van der Waals surface area (Å²) in [7, 11) is 7.47. The van der Waals surface area contributed by atoms with E-state index in [0.29, 0.717) is 0 Å². The van der Waals surface area contributed by atoms with Crippen molar-refractivity contribution >= 4 is 8.24 Å². The average Bonchev–Trinajstić information content (AvgIpc) is 1.80. The van der Waals surface area contributed by atoms with Gasteiger partial charge in [0.25, 0.3) is 0 Å². The fourth-order valence-corrected chi connectivity index (χ4v) is 5.97. The van der Waals surface area contributed by atoms with Gasteiger partial charge in [0, 0.05) is 20.3 Å². The predicted molar refractivity (Wildman–Crippen MR) is 55.4 cm³/mol. The first-order valence-corrected chi connectivity index (χ1v) is 7.26. The van der Waals surface area contributed by atoms with Gasteiger partial charge in [-0.1, -0.05) is 6.42 Å². The molecule has 4 heteroatoms. The standard InChI is InChI=1S/C8H21N3Si/c1-10(2)8-12(6-5-7-12)9-11(3)4/h9H,5-8H2,1-4H3. The van der Waals surface area contributed by atoms with E-state index in [9.17, 15) is 0 Å². The lowest BCUT2D eigenvalue weighted by Gasteiger charge is -2.43. The average molecular weight is 187 g/mol. The van der Waals surface area contributed by atoms with Gasteiger partial charge in [-0.25, -0.2) is 0 Å². The van der Waals surface area contributed by atoms with Gasteiger partial charge in [-0.3, -0.25) is 10.1 Å². The zero-order valence-corrected chi connectivity index (χ0v) is 9.72. The Morgan fingerprint density at radius 1 is 1.17 bits per heavy atom. The van der Waals surface area contributed by atoms with Crippen LogP contribution in [0.15, 0.2) is 0 Å². The second-order valence-electron chi connectivity index (χ2n) is 4.38. The Bertz CT molecular complexity index is 131. The van der Waals surface area contributed by atoms with Gasteiger partial charge in [-0.05, 0) is 26.2 Å². The maximum absolute atomic E-state index is 3.65. The van der Waals surface area contributed by atoms with Crippen LogP contribution in [0.1, 0.15) is 6.42 Å². The van der Waals surface area contributed by atoms with Crippen molar-refractivity contribution in [1.82, 2.24) is 15.0 Å². The minimum absolute atomic E-state index is 1.07. The predicted octanol–water partition coefficient (Wildman–Crippen LogP) is 0.503. The van der Waals surface area contributed by atoms with Gasteiger partial charge in [0.2, 0.25) is 0 Å². The summed E-state index contributed by atoms with van der Waals surface area (Å²) < 4.78 is 0. The Morgan fingerprint density at radius 2 is 1.75 bits per heavy atom. The van der Waals surface area contributed by atoms with Crippen LogP contribution < -0.4 is 5.09 Å². The molecule has 0 aromatic heterocycles. The highest BCUT2D eigenvalue weighted by Gasteiger charge is 2.40. The summed E-state index contributed by atoms with van der Waals surface area (Å²) in [6, 6.07) is 2.90. The molecule has 1 rings (SSSR count). The van der Waals surface area contributed by atoms with Gasteiger partial charge in [0.1, 0.15) is 0 Å². The van der Waals surface area contributed by atoms with Gasteiger partial charge < -0.3 is 4.90 Å². The van der Waals surface area contributed by atoms with Crippen LogP contribution in [0.3, 0.4) is 0 Å². The molecule has 1 fully saturated rings. The lowest BCUT2D eigenvalue weighted by Crippen LogP contribution is -2.65. The zero-order chi connectivity index (χ0) is 9.19. The maximum Gasteiger partial charge on any atom is 0.155 e. The third-order valence-electron chi connectivity index (χ3n) is 2.39. The Balaban J connectivity index is 2.39. The molecular weight excluding hydrogens is 166 g/mol. The minimum Gasteiger partial charge on any atom is -0.311 e. The van der Waals surface area contributed by atoms with Crippen molar-refractivity contribution < 1.29 is 0 Å². The quantitative estimate of drug-likeness (QED) is 0.511. The summed E-state index contributed by atoms with van der Waals surface area (Å²) in [5.74, 6) is 0. The highest BCUT2D eigenvalue weighted by atomic mass is 28.3. The highest BCUT2D eigenvalue weighted by Crippen LogP contribution is 2.30. The van der Waals surface area contributed by atoms with Crippen LogP contribution in [0.2, 0.25) is 12.1 Å². The Morgan fingerprint density at radius 3 is 2.00 bits per heavy atom. The van der Waals surface area contributed by atoms with Crippen LogP contribution in [0.5, 0.6) is 0 Å². The van der Waals surface area contributed by atoms with E-state index in [0.717, 1.165) is 0 Å². The monoisotopic (exact) mass is 187 g/mol. The molecule has 0 unspecified atom stereocenters. The number of hydrazine groups is 1. The molecule has 0 aromatic carbocycles. The molecule has 3 nitrogen and oxygen atoms in total. The molecule has 1 saturated heterocycles. The van der Waals surface area contributed by atoms with Gasteiger partial charge in [0.15, 0.2) is 8.24 Å². The molecular formula is C8H21N3Si. The summed E-state index contributed by atoms with van der Waals surface area (Å²) in [4.78, 5) is 2.32. The normalized spacial score (nSPS) is 21.5. The molecule has 0 bridgehead atoms. The minimum atomic E-state index is -1.07. The number of hydrogen-bond donors (Lipinski definition) is 1. The third kappa shape index (κ3) is 2.55. The van der Waals surface area contributed by atoms with Gasteiger partial charge in [0.05, 0.1) is 0 Å². The van der Waals surface area contributed by atoms with E-state index in [4.69, 9.17) is 0 Å². The fraction of sp³-hybridized carbons (Fsp3) is 1.00. The summed E-state index contributed by atoms with van der Waals surface area (Å²) in [6.45, 7) is 0. The van der Waals surface area contributed by atoms with Gasteiger partial charge in [-0.2, -0.15) is 0 Å². The lowest BCUT2D eigenvalue weighted by atomic mass is 10.5. The summed E-state index contributed by atoms with van der Waals surface area (Å²) >= 11 is 0. The van der Waals surface area contributed by atoms with Gasteiger partial charge >= 0.3 is 0 Å². The second-order valence-corrected chi connectivity index (χ2v) is 8.48. The molecule has 0 saturated carbocycles. The van der Waals surface area contributed by atoms with E-state index in [1.165, 1.54) is 24.7 Å². The molecule has 0 aromatic rings. The Labute approximate surface area is 76.8 Å². The first-order chi connectivity index (χ1) is 5.54. The van der Waals surface area contributed by atoms with Crippen LogP contribution in [0.4, 0.5) is 0 Å². The maximum atomic E-state index is 3.65. The van der Waals surface area contributed by atoms with Crippen molar-refractivity contribution in [2.24, 2.45) is 0 Å².